The number of methoxy groups -OCH3 is 1. The van der Waals surface area contributed by atoms with Crippen LogP contribution in [-0.4, -0.2) is 39.2 Å². The minimum atomic E-state index is -0.408. The first-order chi connectivity index (χ1) is 10.6. The molecule has 0 aliphatic heterocycles. The number of aromatic nitrogens is 4. The Morgan fingerprint density at radius 2 is 2.32 bits per heavy atom. The molecule has 2 heterocycles. The van der Waals surface area contributed by atoms with Crippen molar-refractivity contribution in [3.05, 3.63) is 23.5 Å². The molecule has 0 unspecified atom stereocenters. The van der Waals surface area contributed by atoms with E-state index < -0.39 is 5.91 Å². The highest BCUT2D eigenvalue weighted by molar-refractivity contribution is 7.17. The van der Waals surface area contributed by atoms with Gasteiger partial charge in [0.05, 0.1) is 18.9 Å². The number of allylic oxidation sites excluding steroid dienone is 1. The molecule has 9 heteroatoms. The fraction of sp³-hybridized carbons (Fsp3) is 0.308. The number of carbonyl (C=O) groups is 1. The van der Waals surface area contributed by atoms with Crippen LogP contribution in [-0.2, 0) is 11.8 Å². The number of ether oxygens (including phenoxy) is 1. The average molecular weight is 320 g/mol. The van der Waals surface area contributed by atoms with E-state index in [4.69, 9.17) is 10.1 Å². The number of carbonyl (C=O) groups excluding carboxylic acids is 1. The molecular weight excluding hydrogens is 304 g/mol. The van der Waals surface area contributed by atoms with Gasteiger partial charge in [-0.1, -0.05) is 12.0 Å². The van der Waals surface area contributed by atoms with Crippen LogP contribution in [0.1, 0.15) is 18.9 Å². The largest absolute Gasteiger partial charge is 0.472 e. The van der Waals surface area contributed by atoms with Crippen molar-refractivity contribution in [2.75, 3.05) is 12.4 Å². The third-order valence-corrected chi connectivity index (χ3v) is 3.72. The Hall–Kier alpha value is -2.55. The van der Waals surface area contributed by atoms with E-state index in [-0.39, 0.29) is 5.57 Å². The van der Waals surface area contributed by atoms with E-state index in [0.29, 0.717) is 16.7 Å². The van der Waals surface area contributed by atoms with Gasteiger partial charge in [0.1, 0.15) is 0 Å². The van der Waals surface area contributed by atoms with E-state index in [2.05, 4.69) is 20.6 Å². The van der Waals surface area contributed by atoms with Gasteiger partial charge in [0, 0.05) is 25.0 Å². The summed E-state index contributed by atoms with van der Waals surface area (Å²) in [4.78, 5) is 12.4. The summed E-state index contributed by atoms with van der Waals surface area (Å²) in [6.45, 7) is 1.92. The highest BCUT2D eigenvalue weighted by Crippen LogP contribution is 2.24. The summed E-state index contributed by atoms with van der Waals surface area (Å²) in [7, 11) is 3.28. The number of nitrogens with zero attached hydrogens (tertiary/aromatic N) is 4. The molecule has 22 heavy (non-hydrogen) atoms. The van der Waals surface area contributed by atoms with Crippen molar-refractivity contribution in [2.45, 2.75) is 13.3 Å². The monoisotopic (exact) mass is 320 g/mol. The third kappa shape index (κ3) is 3.37. The van der Waals surface area contributed by atoms with Crippen molar-refractivity contribution in [3.8, 4) is 5.19 Å². The maximum absolute atomic E-state index is 12.4. The van der Waals surface area contributed by atoms with Crippen molar-refractivity contribution >= 4 is 34.2 Å². The van der Waals surface area contributed by atoms with E-state index >= 15 is 0 Å². The maximum atomic E-state index is 12.4. The lowest BCUT2D eigenvalue weighted by molar-refractivity contribution is -0.112. The van der Waals surface area contributed by atoms with Gasteiger partial charge >= 0.3 is 0 Å². The van der Waals surface area contributed by atoms with Crippen LogP contribution in [0.2, 0.25) is 0 Å². The smallest absolute Gasteiger partial charge is 0.295 e. The zero-order valence-electron chi connectivity index (χ0n) is 12.5. The summed E-state index contributed by atoms with van der Waals surface area (Å²) in [5.74, 6) is -0.408. The molecule has 0 aliphatic carbocycles. The predicted molar refractivity (Wildman–Crippen MR) is 84.3 cm³/mol. The maximum Gasteiger partial charge on any atom is 0.295 e. The van der Waals surface area contributed by atoms with Crippen LogP contribution in [0.15, 0.2) is 18.0 Å². The Labute approximate surface area is 131 Å². The SMILES string of the molecule is CC/C(=C(\C=N)C(=O)Nc1nnc(OC)s1)c1cnn(C)c1. The molecule has 1 amide bonds. The molecule has 2 aromatic rings. The lowest BCUT2D eigenvalue weighted by Crippen LogP contribution is -2.16. The fourth-order valence-electron chi connectivity index (χ4n) is 1.92. The molecule has 0 fully saturated rings. The molecule has 2 rings (SSSR count). The van der Waals surface area contributed by atoms with Gasteiger partial charge in [-0.15, -0.1) is 5.10 Å². The number of nitrogens with one attached hydrogen (secondary N) is 2. The normalized spacial score (nSPS) is 11.8. The van der Waals surface area contributed by atoms with E-state index in [1.54, 1.807) is 17.9 Å². The zero-order valence-corrected chi connectivity index (χ0v) is 13.3. The third-order valence-electron chi connectivity index (χ3n) is 2.92. The van der Waals surface area contributed by atoms with Gasteiger partial charge in [0.25, 0.3) is 11.1 Å². The standard InChI is InChI=1S/C13H16N6O2S/c1-4-9(8-6-15-19(2)7-8)10(5-14)11(20)16-12-17-18-13(21-3)22-12/h5-7,14H,4H2,1-3H3,(H,16,17,20)/b10-9-,14-5?. The minimum absolute atomic E-state index is 0.268. The van der Waals surface area contributed by atoms with E-state index in [9.17, 15) is 4.79 Å². The first kappa shape index (κ1) is 15.8. The van der Waals surface area contributed by atoms with Crippen LogP contribution >= 0.6 is 11.3 Å². The number of rotatable bonds is 6. The first-order valence-corrected chi connectivity index (χ1v) is 7.32. The van der Waals surface area contributed by atoms with Gasteiger partial charge in [-0.05, 0) is 23.3 Å². The summed E-state index contributed by atoms with van der Waals surface area (Å²) in [5.41, 5.74) is 1.83. The molecule has 0 aromatic carbocycles. The van der Waals surface area contributed by atoms with Gasteiger partial charge in [-0.25, -0.2) is 0 Å². The summed E-state index contributed by atoms with van der Waals surface area (Å²) < 4.78 is 6.58. The second-order valence-corrected chi connectivity index (χ2v) is 5.26. The fourth-order valence-corrected chi connectivity index (χ4v) is 2.48. The Bertz CT molecular complexity index is 718. The molecule has 0 aliphatic rings. The summed E-state index contributed by atoms with van der Waals surface area (Å²) in [6, 6.07) is 0. The predicted octanol–water partition coefficient (Wildman–Crippen LogP) is 1.73. The topological polar surface area (TPSA) is 106 Å². The number of aryl methyl sites for hydroxylation is 1. The van der Waals surface area contributed by atoms with E-state index in [0.717, 1.165) is 28.7 Å². The molecule has 0 bridgehead atoms. The zero-order chi connectivity index (χ0) is 16.1. The van der Waals surface area contributed by atoms with Crippen LogP contribution in [0.4, 0.5) is 5.13 Å². The Morgan fingerprint density at radius 1 is 1.55 bits per heavy atom. The molecule has 116 valence electrons. The second kappa shape index (κ2) is 6.94. The van der Waals surface area contributed by atoms with E-state index in [1.165, 1.54) is 7.11 Å². The van der Waals surface area contributed by atoms with Crippen molar-refractivity contribution in [2.24, 2.45) is 7.05 Å². The molecule has 0 atom stereocenters. The first-order valence-electron chi connectivity index (χ1n) is 6.50. The molecular formula is C13H16N6O2S. The second-order valence-electron chi connectivity index (χ2n) is 4.32. The molecule has 2 aromatic heterocycles. The summed E-state index contributed by atoms with van der Waals surface area (Å²) in [5, 5.41) is 22.5. The summed E-state index contributed by atoms with van der Waals surface area (Å²) in [6.07, 6.45) is 5.12. The average Bonchev–Trinajstić information content (AvgIpc) is 3.13. The number of hydrogen-bond donors (Lipinski definition) is 2. The molecule has 0 saturated heterocycles. The van der Waals surface area contributed by atoms with Gasteiger partial charge in [0.15, 0.2) is 0 Å². The Kier molecular flexibility index (Phi) is 4.99. The van der Waals surface area contributed by atoms with Crippen LogP contribution in [0.5, 0.6) is 5.19 Å². The van der Waals surface area contributed by atoms with Crippen molar-refractivity contribution < 1.29 is 9.53 Å². The van der Waals surface area contributed by atoms with Crippen molar-refractivity contribution in [1.82, 2.24) is 20.0 Å². The van der Waals surface area contributed by atoms with Gasteiger partial charge < -0.3 is 10.1 Å². The molecule has 2 N–H and O–H groups in total. The Morgan fingerprint density at radius 3 is 2.82 bits per heavy atom. The van der Waals surface area contributed by atoms with Crippen molar-refractivity contribution in [3.63, 3.8) is 0 Å². The molecule has 0 saturated carbocycles. The lowest BCUT2D eigenvalue weighted by atomic mass is 10.0. The van der Waals surface area contributed by atoms with Crippen LogP contribution in [0, 0.1) is 5.41 Å². The number of anilines is 1. The van der Waals surface area contributed by atoms with Crippen LogP contribution < -0.4 is 10.1 Å². The quantitative estimate of drug-likeness (QED) is 0.623. The van der Waals surface area contributed by atoms with Crippen LogP contribution in [0.3, 0.4) is 0 Å². The number of amides is 1. The minimum Gasteiger partial charge on any atom is -0.472 e. The van der Waals surface area contributed by atoms with Gasteiger partial charge in [-0.2, -0.15) is 5.10 Å². The molecule has 8 nitrogen and oxygen atoms in total. The molecule has 0 spiro atoms. The highest BCUT2D eigenvalue weighted by atomic mass is 32.1. The van der Waals surface area contributed by atoms with Gasteiger partial charge in [0.2, 0.25) is 5.13 Å². The van der Waals surface area contributed by atoms with Gasteiger partial charge in [-0.3, -0.25) is 14.8 Å². The highest BCUT2D eigenvalue weighted by Gasteiger charge is 2.17. The summed E-state index contributed by atoms with van der Waals surface area (Å²) >= 11 is 1.12. The number of hydrogen-bond acceptors (Lipinski definition) is 7. The lowest BCUT2D eigenvalue weighted by Gasteiger charge is -2.08. The van der Waals surface area contributed by atoms with Crippen LogP contribution in [0.25, 0.3) is 5.57 Å². The van der Waals surface area contributed by atoms with E-state index in [1.807, 2.05) is 13.1 Å². The molecule has 0 radical (unpaired) electrons. The Balaban J connectivity index is 2.29. The van der Waals surface area contributed by atoms with Crippen molar-refractivity contribution in [1.29, 1.82) is 5.41 Å².